The lowest BCUT2D eigenvalue weighted by Crippen LogP contribution is -2.41. The topological polar surface area (TPSA) is 20.2 Å². The van der Waals surface area contributed by atoms with Crippen molar-refractivity contribution in [2.24, 2.45) is 17.3 Å². The van der Waals surface area contributed by atoms with Crippen LogP contribution >= 0.6 is 0 Å². The maximum Gasteiger partial charge on any atom is 0.0621 e. The molecule has 1 fully saturated rings. The van der Waals surface area contributed by atoms with E-state index in [1.165, 1.54) is 19.3 Å². The number of aliphatic hydroxyl groups excluding tert-OH is 1. The predicted molar refractivity (Wildman–Crippen MR) is 52.0 cm³/mol. The number of hydrogen-bond acceptors (Lipinski definition) is 1. The summed E-state index contributed by atoms with van der Waals surface area (Å²) >= 11 is 0. The van der Waals surface area contributed by atoms with Crippen LogP contribution < -0.4 is 0 Å². The Kier molecular flexibility index (Phi) is 2.82. The summed E-state index contributed by atoms with van der Waals surface area (Å²) in [4.78, 5) is 0. The molecule has 0 aromatic rings. The molecule has 12 heavy (non-hydrogen) atoms. The van der Waals surface area contributed by atoms with Crippen LogP contribution in [0.1, 0.15) is 47.0 Å². The molecule has 1 aliphatic rings. The first-order chi connectivity index (χ1) is 5.45. The van der Waals surface area contributed by atoms with E-state index in [0.717, 1.165) is 0 Å². The zero-order chi connectivity index (χ0) is 9.35. The minimum Gasteiger partial charge on any atom is -0.392 e. The molecular formula is C11H22O. The lowest BCUT2D eigenvalue weighted by atomic mass is 9.66. The fourth-order valence-electron chi connectivity index (χ4n) is 2.38. The van der Waals surface area contributed by atoms with E-state index < -0.39 is 0 Å². The van der Waals surface area contributed by atoms with Gasteiger partial charge < -0.3 is 5.11 Å². The number of hydrogen-bond donors (Lipinski definition) is 1. The highest BCUT2D eigenvalue weighted by atomic mass is 16.3. The second kappa shape index (κ2) is 3.37. The van der Waals surface area contributed by atoms with Gasteiger partial charge in [0.2, 0.25) is 0 Å². The first kappa shape index (κ1) is 10.0. The van der Waals surface area contributed by atoms with Crippen LogP contribution in [0.25, 0.3) is 0 Å². The average molecular weight is 170 g/mol. The Morgan fingerprint density at radius 2 is 1.92 bits per heavy atom. The first-order valence-corrected chi connectivity index (χ1v) is 5.13. The highest BCUT2D eigenvalue weighted by Crippen LogP contribution is 2.41. The van der Waals surface area contributed by atoms with E-state index >= 15 is 0 Å². The lowest BCUT2D eigenvalue weighted by molar-refractivity contribution is -0.0479. The Morgan fingerprint density at radius 3 is 2.33 bits per heavy atom. The number of rotatable bonds is 1. The second-order valence-corrected chi connectivity index (χ2v) is 5.23. The van der Waals surface area contributed by atoms with Gasteiger partial charge in [-0.05, 0) is 30.1 Å². The van der Waals surface area contributed by atoms with Gasteiger partial charge in [0.05, 0.1) is 6.10 Å². The molecule has 0 radical (unpaired) electrons. The highest BCUT2D eigenvalue weighted by Gasteiger charge is 2.38. The van der Waals surface area contributed by atoms with E-state index in [9.17, 15) is 5.11 Å². The van der Waals surface area contributed by atoms with Crippen LogP contribution in [0, 0.1) is 17.3 Å². The van der Waals surface area contributed by atoms with Crippen molar-refractivity contribution < 1.29 is 5.11 Å². The van der Waals surface area contributed by atoms with Gasteiger partial charge in [-0.1, -0.05) is 34.1 Å². The largest absolute Gasteiger partial charge is 0.392 e. The van der Waals surface area contributed by atoms with E-state index in [4.69, 9.17) is 0 Å². The van der Waals surface area contributed by atoms with Crippen molar-refractivity contribution in [2.75, 3.05) is 0 Å². The van der Waals surface area contributed by atoms with Gasteiger partial charge in [0.1, 0.15) is 0 Å². The molecule has 2 atom stereocenters. The maximum absolute atomic E-state index is 10.1. The van der Waals surface area contributed by atoms with Crippen LogP contribution in [0.4, 0.5) is 0 Å². The molecule has 1 nitrogen and oxygen atoms in total. The molecular weight excluding hydrogens is 148 g/mol. The first-order valence-electron chi connectivity index (χ1n) is 5.13. The molecule has 0 heterocycles. The molecule has 0 amide bonds. The van der Waals surface area contributed by atoms with Gasteiger partial charge in [0, 0.05) is 0 Å². The van der Waals surface area contributed by atoms with Crippen molar-refractivity contribution >= 4 is 0 Å². The molecule has 1 saturated carbocycles. The van der Waals surface area contributed by atoms with Crippen molar-refractivity contribution in [3.63, 3.8) is 0 Å². The monoisotopic (exact) mass is 170 g/mol. The molecule has 0 aromatic carbocycles. The Bertz CT molecular complexity index is 149. The summed E-state index contributed by atoms with van der Waals surface area (Å²) < 4.78 is 0. The van der Waals surface area contributed by atoms with Gasteiger partial charge >= 0.3 is 0 Å². The molecule has 1 aliphatic carbocycles. The minimum atomic E-state index is -0.0914. The van der Waals surface area contributed by atoms with Gasteiger partial charge in [-0.3, -0.25) is 0 Å². The smallest absolute Gasteiger partial charge is 0.0621 e. The molecule has 1 heteroatoms. The van der Waals surface area contributed by atoms with Gasteiger partial charge in [-0.25, -0.2) is 0 Å². The summed E-state index contributed by atoms with van der Waals surface area (Å²) in [6, 6.07) is 0. The Hall–Kier alpha value is -0.0400. The quantitative estimate of drug-likeness (QED) is 0.641. The maximum atomic E-state index is 10.1. The SMILES string of the molecule is CC(C)C1CCCC(C)(C)C1O. The molecule has 72 valence electrons. The van der Waals surface area contributed by atoms with Crippen LogP contribution in [0.3, 0.4) is 0 Å². The van der Waals surface area contributed by atoms with Crippen molar-refractivity contribution in [2.45, 2.75) is 53.1 Å². The molecule has 1 N–H and O–H groups in total. The Balaban J connectivity index is 2.66. The van der Waals surface area contributed by atoms with Crippen molar-refractivity contribution in [3.8, 4) is 0 Å². The second-order valence-electron chi connectivity index (χ2n) is 5.23. The Morgan fingerprint density at radius 1 is 1.33 bits per heavy atom. The summed E-state index contributed by atoms with van der Waals surface area (Å²) in [5, 5.41) is 10.1. The Labute approximate surface area is 76.2 Å². The lowest BCUT2D eigenvalue weighted by Gasteiger charge is -2.42. The zero-order valence-electron chi connectivity index (χ0n) is 8.80. The predicted octanol–water partition coefficient (Wildman–Crippen LogP) is 2.83. The third-order valence-corrected chi connectivity index (χ3v) is 3.42. The highest BCUT2D eigenvalue weighted by molar-refractivity contribution is 4.89. The van der Waals surface area contributed by atoms with E-state index in [2.05, 4.69) is 27.7 Å². The molecule has 0 saturated heterocycles. The molecule has 0 bridgehead atoms. The van der Waals surface area contributed by atoms with Crippen LogP contribution in [-0.4, -0.2) is 11.2 Å². The summed E-state index contributed by atoms with van der Waals surface area (Å²) in [7, 11) is 0. The third kappa shape index (κ3) is 1.82. The van der Waals surface area contributed by atoms with Gasteiger partial charge in [0.25, 0.3) is 0 Å². The molecule has 1 rings (SSSR count). The van der Waals surface area contributed by atoms with Crippen LogP contribution in [0.2, 0.25) is 0 Å². The van der Waals surface area contributed by atoms with Crippen LogP contribution in [0.5, 0.6) is 0 Å². The van der Waals surface area contributed by atoms with Gasteiger partial charge in [-0.15, -0.1) is 0 Å². The summed E-state index contributed by atoms with van der Waals surface area (Å²) in [5.74, 6) is 1.15. The fraction of sp³-hybridized carbons (Fsp3) is 1.00. The molecule has 2 unspecified atom stereocenters. The minimum absolute atomic E-state index is 0.0914. The van der Waals surface area contributed by atoms with Crippen molar-refractivity contribution in [3.05, 3.63) is 0 Å². The summed E-state index contributed by atoms with van der Waals surface area (Å²) in [6.07, 6.45) is 3.58. The van der Waals surface area contributed by atoms with Gasteiger partial charge in [-0.2, -0.15) is 0 Å². The fourth-order valence-corrected chi connectivity index (χ4v) is 2.38. The molecule has 0 spiro atoms. The standard InChI is InChI=1S/C11H22O/c1-8(2)9-6-5-7-11(3,4)10(9)12/h8-10,12H,5-7H2,1-4H3. The number of aliphatic hydroxyl groups is 1. The molecule has 0 aromatic heterocycles. The van der Waals surface area contributed by atoms with Crippen molar-refractivity contribution in [1.29, 1.82) is 0 Å². The van der Waals surface area contributed by atoms with Crippen molar-refractivity contribution in [1.82, 2.24) is 0 Å². The van der Waals surface area contributed by atoms with Gasteiger partial charge in [0.15, 0.2) is 0 Å². The van der Waals surface area contributed by atoms with E-state index in [1.807, 2.05) is 0 Å². The average Bonchev–Trinajstić information content (AvgIpc) is 1.94. The normalized spacial score (nSPS) is 35.5. The van der Waals surface area contributed by atoms with Crippen LogP contribution in [0.15, 0.2) is 0 Å². The molecule has 0 aliphatic heterocycles. The summed E-state index contributed by atoms with van der Waals surface area (Å²) in [5.41, 5.74) is 0.146. The summed E-state index contributed by atoms with van der Waals surface area (Å²) in [6.45, 7) is 8.81. The van der Waals surface area contributed by atoms with E-state index in [-0.39, 0.29) is 11.5 Å². The van der Waals surface area contributed by atoms with E-state index in [0.29, 0.717) is 11.8 Å². The zero-order valence-corrected chi connectivity index (χ0v) is 8.80. The third-order valence-electron chi connectivity index (χ3n) is 3.42. The van der Waals surface area contributed by atoms with Crippen LogP contribution in [-0.2, 0) is 0 Å². The van der Waals surface area contributed by atoms with E-state index in [1.54, 1.807) is 0 Å².